The Bertz CT molecular complexity index is 1170. The Balaban J connectivity index is 1.30. The second kappa shape index (κ2) is 9.15. The van der Waals surface area contributed by atoms with E-state index in [1.54, 1.807) is 0 Å². The highest BCUT2D eigenvalue weighted by Gasteiger charge is 2.49. The number of hydrogen-bond donors (Lipinski definition) is 1. The van der Waals surface area contributed by atoms with Gasteiger partial charge in [0.2, 0.25) is 0 Å². The number of hydrogen-bond acceptors (Lipinski definition) is 6. The van der Waals surface area contributed by atoms with Crippen molar-refractivity contribution in [3.8, 4) is 11.3 Å². The van der Waals surface area contributed by atoms with Crippen molar-refractivity contribution in [2.45, 2.75) is 65.2 Å². The number of nitrogens with one attached hydrogen (secondary N) is 1. The normalized spacial score (nSPS) is 25.9. The molecule has 0 radical (unpaired) electrons. The average molecular weight is 479 g/mol. The summed E-state index contributed by atoms with van der Waals surface area (Å²) < 4.78 is 14.0. The van der Waals surface area contributed by atoms with Gasteiger partial charge in [-0.1, -0.05) is 12.1 Å². The largest absolute Gasteiger partial charge is 0.492 e. The van der Waals surface area contributed by atoms with E-state index in [2.05, 4.69) is 19.2 Å². The zero-order chi connectivity index (χ0) is 24.7. The number of nitrogens with zero attached hydrogens (tertiary/aromatic N) is 3. The lowest BCUT2D eigenvalue weighted by molar-refractivity contribution is -0.436. The van der Waals surface area contributed by atoms with Crippen molar-refractivity contribution >= 4 is 5.69 Å². The third kappa shape index (κ3) is 4.59. The summed E-state index contributed by atoms with van der Waals surface area (Å²) in [4.78, 5) is 11.8. The van der Waals surface area contributed by atoms with Crippen molar-refractivity contribution in [1.82, 2.24) is 9.78 Å². The molecule has 0 amide bonds. The molecule has 1 aromatic heterocycles. The molecule has 8 heteroatoms. The molecule has 0 spiro atoms. The number of ether oxygens (including phenoxy) is 2. The summed E-state index contributed by atoms with van der Waals surface area (Å²) >= 11 is 0. The highest BCUT2D eigenvalue weighted by molar-refractivity contribution is 5.62. The molecule has 1 aliphatic carbocycles. The zero-order valence-corrected chi connectivity index (χ0v) is 20.9. The topological polar surface area (TPSA) is 91.5 Å². The minimum absolute atomic E-state index is 0.00634. The summed E-state index contributed by atoms with van der Waals surface area (Å²) in [6.07, 6.45) is 6.03. The van der Waals surface area contributed by atoms with Gasteiger partial charge in [0.15, 0.2) is 0 Å². The van der Waals surface area contributed by atoms with Gasteiger partial charge in [-0.05, 0) is 77.2 Å². The fourth-order valence-electron chi connectivity index (χ4n) is 5.65. The van der Waals surface area contributed by atoms with Crippen LogP contribution in [0.15, 0.2) is 59.1 Å². The maximum atomic E-state index is 12.0. The van der Waals surface area contributed by atoms with E-state index in [0.717, 1.165) is 66.1 Å². The van der Waals surface area contributed by atoms with Gasteiger partial charge in [-0.25, -0.2) is 4.68 Å². The second-order valence-electron chi connectivity index (χ2n) is 10.5. The van der Waals surface area contributed by atoms with Crippen LogP contribution < -0.4 is 5.32 Å². The van der Waals surface area contributed by atoms with Crippen molar-refractivity contribution in [1.29, 1.82) is 0 Å². The molecular weight excluding hydrogens is 444 g/mol. The second-order valence-corrected chi connectivity index (χ2v) is 10.5. The van der Waals surface area contributed by atoms with E-state index < -0.39 is 0 Å². The van der Waals surface area contributed by atoms with Gasteiger partial charge in [-0.2, -0.15) is 5.10 Å². The lowest BCUT2D eigenvalue weighted by Gasteiger charge is -2.28. The molecule has 1 aromatic carbocycles. The van der Waals surface area contributed by atoms with Crippen LogP contribution in [0.1, 0.15) is 59.6 Å². The Hall–Kier alpha value is -3.13. The van der Waals surface area contributed by atoms with Gasteiger partial charge >= 0.3 is 0 Å². The van der Waals surface area contributed by atoms with Crippen molar-refractivity contribution in [2.75, 3.05) is 18.5 Å². The van der Waals surface area contributed by atoms with Crippen LogP contribution in [0.2, 0.25) is 0 Å². The smallest absolute Gasteiger partial charge is 0.255 e. The summed E-state index contributed by atoms with van der Waals surface area (Å²) in [5.41, 5.74) is 4.47. The van der Waals surface area contributed by atoms with E-state index in [4.69, 9.17) is 14.6 Å². The quantitative estimate of drug-likeness (QED) is 0.409. The number of benzene rings is 1. The third-order valence-corrected chi connectivity index (χ3v) is 7.55. The first-order valence-electron chi connectivity index (χ1n) is 12.5. The molecule has 2 saturated heterocycles. The highest BCUT2D eigenvalue weighted by Crippen LogP contribution is 2.49. The van der Waals surface area contributed by atoms with E-state index in [1.165, 1.54) is 0 Å². The molecule has 186 valence electrons. The molecule has 3 aliphatic rings. The van der Waals surface area contributed by atoms with Crippen molar-refractivity contribution in [3.05, 3.63) is 69.2 Å². The van der Waals surface area contributed by atoms with Crippen LogP contribution in [0.3, 0.4) is 0 Å². The molecule has 5 rings (SSSR count). The van der Waals surface area contributed by atoms with E-state index in [1.807, 2.05) is 55.1 Å². The van der Waals surface area contributed by atoms with Gasteiger partial charge in [-0.15, -0.1) is 0 Å². The molecule has 3 heterocycles. The number of allylic oxidation sites excluding steroid dienone is 3. The summed E-state index contributed by atoms with van der Waals surface area (Å²) in [6, 6.07) is 10.1. The van der Waals surface area contributed by atoms with E-state index in [0.29, 0.717) is 12.2 Å². The van der Waals surface area contributed by atoms with Crippen LogP contribution in [0.25, 0.3) is 11.3 Å². The number of fused-ring (bicyclic) bond motifs is 1. The molecule has 1 N–H and O–H groups in total. The predicted octanol–water partition coefficient (Wildman–Crippen LogP) is 5.93. The van der Waals surface area contributed by atoms with E-state index in [-0.39, 0.29) is 28.6 Å². The molecule has 3 unspecified atom stereocenters. The molecule has 2 fully saturated rings. The van der Waals surface area contributed by atoms with Crippen molar-refractivity contribution in [2.24, 2.45) is 11.8 Å². The SMILES string of the molecule is CC1=C2OC(C)(C)CC2C(CNc2ccc(-c3ccn(C4CCCCO4)n3)cc2)C([N+](=O)[O-])=C1C. The molecule has 35 heavy (non-hydrogen) atoms. The molecule has 2 aliphatic heterocycles. The molecule has 0 bridgehead atoms. The van der Waals surface area contributed by atoms with Crippen molar-refractivity contribution in [3.63, 3.8) is 0 Å². The molecule has 0 saturated carbocycles. The number of nitro groups is 1. The first kappa shape index (κ1) is 23.6. The van der Waals surface area contributed by atoms with Gasteiger partial charge in [0.05, 0.1) is 16.5 Å². The minimum Gasteiger partial charge on any atom is -0.492 e. The van der Waals surface area contributed by atoms with Gasteiger partial charge in [0.25, 0.3) is 5.70 Å². The average Bonchev–Trinajstić information content (AvgIpc) is 3.46. The summed E-state index contributed by atoms with van der Waals surface area (Å²) in [7, 11) is 0. The summed E-state index contributed by atoms with van der Waals surface area (Å²) in [5, 5.41) is 20.2. The first-order chi connectivity index (χ1) is 16.7. The van der Waals surface area contributed by atoms with Gasteiger partial charge in [0.1, 0.15) is 17.6 Å². The van der Waals surface area contributed by atoms with Crippen LogP contribution in [0, 0.1) is 22.0 Å². The van der Waals surface area contributed by atoms with Gasteiger partial charge < -0.3 is 14.8 Å². The highest BCUT2D eigenvalue weighted by atomic mass is 16.6. The number of anilines is 1. The molecule has 8 nitrogen and oxygen atoms in total. The van der Waals surface area contributed by atoms with Crippen LogP contribution in [-0.2, 0) is 9.47 Å². The Morgan fingerprint density at radius 3 is 2.63 bits per heavy atom. The maximum Gasteiger partial charge on any atom is 0.255 e. The predicted molar refractivity (Wildman–Crippen MR) is 134 cm³/mol. The fourth-order valence-corrected chi connectivity index (χ4v) is 5.65. The number of rotatable bonds is 6. The monoisotopic (exact) mass is 478 g/mol. The Labute approximate surface area is 206 Å². The Kier molecular flexibility index (Phi) is 6.17. The maximum absolute atomic E-state index is 12.0. The van der Waals surface area contributed by atoms with Crippen LogP contribution in [-0.4, -0.2) is 33.5 Å². The van der Waals surface area contributed by atoms with E-state index >= 15 is 0 Å². The Morgan fingerprint density at radius 1 is 1.17 bits per heavy atom. The summed E-state index contributed by atoms with van der Waals surface area (Å²) in [6.45, 7) is 9.14. The van der Waals surface area contributed by atoms with Gasteiger partial charge in [-0.3, -0.25) is 10.1 Å². The molecular formula is C27H34N4O4. The number of aromatic nitrogens is 2. The Morgan fingerprint density at radius 2 is 1.94 bits per heavy atom. The lowest BCUT2D eigenvalue weighted by Crippen LogP contribution is -2.32. The zero-order valence-electron chi connectivity index (χ0n) is 20.9. The minimum atomic E-state index is -0.320. The molecule has 3 atom stereocenters. The molecule has 2 aromatic rings. The van der Waals surface area contributed by atoms with Crippen LogP contribution in [0.4, 0.5) is 5.69 Å². The van der Waals surface area contributed by atoms with Gasteiger partial charge in [0, 0.05) is 42.1 Å². The first-order valence-corrected chi connectivity index (χ1v) is 12.5. The van der Waals surface area contributed by atoms with Crippen molar-refractivity contribution < 1.29 is 14.4 Å². The lowest BCUT2D eigenvalue weighted by atomic mass is 9.76. The standard InChI is InChI=1S/C27H34N4O4/c1-17-18(2)26-21(15-27(3,4)35-26)22(25(17)31(32)33)16-28-20-10-8-19(9-11-20)23-12-13-30(29-23)24-7-5-6-14-34-24/h8-13,21-22,24,28H,5-7,14-16H2,1-4H3. The van der Waals surface area contributed by atoms with E-state index in [9.17, 15) is 10.1 Å². The van der Waals surface area contributed by atoms with Crippen LogP contribution >= 0.6 is 0 Å². The third-order valence-electron chi connectivity index (χ3n) is 7.55. The fraction of sp³-hybridized carbons (Fsp3) is 0.519. The summed E-state index contributed by atoms with van der Waals surface area (Å²) in [5.74, 6) is 0.668. The van der Waals surface area contributed by atoms with Crippen LogP contribution in [0.5, 0.6) is 0 Å².